The Kier molecular flexibility index (Phi) is 18.1. The molecule has 8 rings (SSSR count). The van der Waals surface area contributed by atoms with Gasteiger partial charge in [-0.1, -0.05) is 33.6 Å². The van der Waals surface area contributed by atoms with Gasteiger partial charge in [0.05, 0.1) is 61.3 Å². The first-order chi connectivity index (χ1) is 38.2. The summed E-state index contributed by atoms with van der Waals surface area (Å²) in [5, 5.41) is 18.5. The second-order valence-electron chi connectivity index (χ2n) is 18.4. The number of carbonyl (C=O) groups is 4. The molecule has 0 saturated heterocycles. The number of oxime groups is 2. The number of carbonyl (C=O) groups excluding carboxylic acids is 3. The van der Waals surface area contributed by atoms with Crippen molar-refractivity contribution in [1.29, 1.82) is 0 Å². The fraction of sp³-hybridized carbons (Fsp3) is 0.360. The lowest BCUT2D eigenvalue weighted by atomic mass is 9.85. The number of hydrogen-bond donors (Lipinski definition) is 3. The Morgan fingerprint density at radius 2 is 0.988 bits per heavy atom. The van der Waals surface area contributed by atoms with Crippen molar-refractivity contribution in [1.82, 2.24) is 24.1 Å². The average Bonchev–Trinajstić information content (AvgIpc) is 1.86. The van der Waals surface area contributed by atoms with E-state index in [2.05, 4.69) is 25.6 Å². The zero-order valence-corrected chi connectivity index (χ0v) is 42.2. The van der Waals surface area contributed by atoms with E-state index >= 15 is 0 Å². The van der Waals surface area contributed by atoms with Crippen molar-refractivity contribution in [2.75, 3.05) is 13.1 Å². The van der Waals surface area contributed by atoms with Crippen molar-refractivity contribution in [3.63, 3.8) is 0 Å². The molecule has 6 heterocycles. The van der Waals surface area contributed by atoms with Crippen LogP contribution in [-0.2, 0) is 42.8 Å². The van der Waals surface area contributed by atoms with Crippen LogP contribution < -0.4 is 11.1 Å². The van der Waals surface area contributed by atoms with Crippen LogP contribution in [0.15, 0.2) is 95.8 Å². The van der Waals surface area contributed by atoms with Crippen molar-refractivity contribution in [2.45, 2.75) is 101 Å². The van der Waals surface area contributed by atoms with Crippen LogP contribution in [0.5, 0.6) is 0 Å². The minimum atomic E-state index is -5.20. The Morgan fingerprint density at radius 3 is 1.36 bits per heavy atom. The minimum Gasteiger partial charge on any atom is -0.477 e. The van der Waals surface area contributed by atoms with E-state index in [1.54, 1.807) is 0 Å². The fourth-order valence-corrected chi connectivity index (χ4v) is 8.32. The molecule has 0 saturated carbocycles. The number of aromatic carboxylic acids is 1. The lowest BCUT2D eigenvalue weighted by Crippen LogP contribution is -2.43. The van der Waals surface area contributed by atoms with Gasteiger partial charge in [-0.05, 0) is 62.4 Å². The van der Waals surface area contributed by atoms with Crippen LogP contribution >= 0.6 is 0 Å². The highest BCUT2D eigenvalue weighted by molar-refractivity contribution is 6.08. The summed E-state index contributed by atoms with van der Waals surface area (Å²) < 4.78 is 239. The highest BCUT2D eigenvalue weighted by Crippen LogP contribution is 2.52. The topological polar surface area (TPSA) is 204 Å². The van der Waals surface area contributed by atoms with Crippen molar-refractivity contribution in [3.8, 4) is 0 Å². The number of pyridine rings is 2. The number of nitrogens with zero attached hydrogens (tertiary/aromatic N) is 6. The SMILES string of the molecule is Cc1cc(C(F)(F)F)cc(C2(C(F)(F)F)CC(c3ccc(C(=O)NCC(=O)CCC(F)(F)F)n4ccnc34)=NO2)c1.Cc1cc(C(F)(F)F)cc(C2(C(F)(F)F)CC(c3ccc(C(=O)O)n4ccnc34)=NO2)c1.NCC(=O)CCC(F)(F)F. The first-order valence-corrected chi connectivity index (χ1v) is 23.5. The molecule has 2 unspecified atom stereocenters. The number of carboxylic acids is 1. The molecule has 4 N–H and O–H groups in total. The number of carboxylic acid groups (broad SMARTS) is 1. The third-order valence-electron chi connectivity index (χ3n) is 12.3. The second-order valence-corrected chi connectivity index (χ2v) is 18.4. The van der Waals surface area contributed by atoms with Gasteiger partial charge >= 0.3 is 43.0 Å². The number of ketones is 2. The number of Topliss-reactive ketones (excluding diaryl/α,β-unsaturated/α-hetero) is 2. The number of nitrogens with one attached hydrogen (secondary N) is 1. The van der Waals surface area contributed by atoms with Gasteiger partial charge in [0.25, 0.3) is 17.1 Å². The average molecular weight is 1210 g/mol. The lowest BCUT2D eigenvalue weighted by molar-refractivity contribution is -0.276. The number of imidazole rings is 2. The zero-order valence-electron chi connectivity index (χ0n) is 42.2. The van der Waals surface area contributed by atoms with E-state index in [1.165, 1.54) is 50.8 Å². The number of rotatable bonds is 13. The van der Waals surface area contributed by atoms with Crippen LogP contribution in [0.3, 0.4) is 0 Å². The molecule has 0 fully saturated rings. The molecular weight excluding hydrogens is 1170 g/mol. The predicted molar refractivity (Wildman–Crippen MR) is 252 cm³/mol. The van der Waals surface area contributed by atoms with Gasteiger partial charge in [-0.2, -0.15) is 79.0 Å². The molecule has 4 aromatic heterocycles. The van der Waals surface area contributed by atoms with E-state index in [9.17, 15) is 103 Å². The number of nitrogens with two attached hydrogens (primary N) is 1. The number of halogens is 18. The van der Waals surface area contributed by atoms with Gasteiger partial charge < -0.3 is 25.8 Å². The second kappa shape index (κ2) is 23.5. The molecule has 2 aliphatic rings. The number of aryl methyl sites for hydroxylation is 2. The van der Waals surface area contributed by atoms with E-state index in [0.29, 0.717) is 18.2 Å². The van der Waals surface area contributed by atoms with Crippen molar-refractivity contribution in [3.05, 3.63) is 141 Å². The Balaban J connectivity index is 0.000000233. The molecule has 0 radical (unpaired) electrons. The molecule has 2 aromatic carbocycles. The first-order valence-electron chi connectivity index (χ1n) is 23.5. The highest BCUT2D eigenvalue weighted by atomic mass is 19.4. The molecule has 6 aromatic rings. The summed E-state index contributed by atoms with van der Waals surface area (Å²) in [6.07, 6.45) is -29.5. The summed E-state index contributed by atoms with van der Waals surface area (Å²) >= 11 is 0. The maximum Gasteiger partial charge on any atom is 0.435 e. The van der Waals surface area contributed by atoms with Gasteiger partial charge in [-0.3, -0.25) is 23.2 Å². The molecule has 83 heavy (non-hydrogen) atoms. The van der Waals surface area contributed by atoms with Gasteiger partial charge in [0, 0.05) is 59.9 Å². The number of benzene rings is 2. The fourth-order valence-electron chi connectivity index (χ4n) is 8.32. The molecule has 33 heteroatoms. The summed E-state index contributed by atoms with van der Waals surface area (Å²) in [6.45, 7) is 1.45. The molecule has 448 valence electrons. The molecule has 0 spiro atoms. The van der Waals surface area contributed by atoms with E-state index in [4.69, 9.17) is 15.4 Å². The number of amides is 1. The predicted octanol–water partition coefficient (Wildman–Crippen LogP) is 11.7. The third-order valence-corrected chi connectivity index (χ3v) is 12.3. The van der Waals surface area contributed by atoms with Crippen LogP contribution in [0.2, 0.25) is 0 Å². The summed E-state index contributed by atoms with van der Waals surface area (Å²) in [4.78, 5) is 63.6. The number of alkyl halides is 18. The maximum absolute atomic E-state index is 14.4. The van der Waals surface area contributed by atoms with Gasteiger partial charge in [0.1, 0.15) is 28.5 Å². The lowest BCUT2D eigenvalue weighted by Gasteiger charge is -2.30. The molecular formula is C50H40F18N8O7. The summed E-state index contributed by atoms with van der Waals surface area (Å²) in [5.41, 5.74) is -6.70. The molecule has 0 bridgehead atoms. The Labute approximate surface area is 453 Å². The smallest absolute Gasteiger partial charge is 0.435 e. The largest absolute Gasteiger partial charge is 0.477 e. The van der Waals surface area contributed by atoms with Crippen LogP contribution in [-0.4, -0.2) is 96.5 Å². The van der Waals surface area contributed by atoms with E-state index in [1.807, 2.05) is 0 Å². The molecule has 1 amide bonds. The Hall–Kier alpha value is -8.26. The van der Waals surface area contributed by atoms with Gasteiger partial charge in [0.2, 0.25) is 0 Å². The zero-order chi connectivity index (χ0) is 62.1. The van der Waals surface area contributed by atoms with Crippen LogP contribution in [0.1, 0.15) is 104 Å². The van der Waals surface area contributed by atoms with Crippen molar-refractivity contribution in [2.24, 2.45) is 16.0 Å². The highest BCUT2D eigenvalue weighted by Gasteiger charge is 2.64. The van der Waals surface area contributed by atoms with Crippen molar-refractivity contribution < 1.29 is 113 Å². The van der Waals surface area contributed by atoms with Crippen LogP contribution in [0.4, 0.5) is 79.0 Å². The normalized spacial score (nSPS) is 17.6. The standard InChI is InChI=1S/C25H19F9N4O3.C20H13F6N3O3.C5H8F3NO/c1-13-8-14(10-15(9-13)24(29,30)31)22(25(32,33)34)11-18(37-41-22)17-2-3-19(38-7-6-35-20(17)38)21(40)36-12-16(39)4-5-23(26,27)28;1-10-6-11(8-12(7-10)19(21,22)23)18(20(24,25)26)9-14(28-32-18)13-2-3-15(17(30)31)29-5-4-27-16(13)29;6-5(7,8)2-1-4(10)3-9/h2-3,6-10H,4-5,11-12H2,1H3,(H,36,40);2-8H,9H2,1H3,(H,30,31);1-3,9H2. The van der Waals surface area contributed by atoms with E-state index < -0.39 is 139 Å². The van der Waals surface area contributed by atoms with E-state index in [0.717, 1.165) is 39.1 Å². The maximum atomic E-state index is 14.4. The van der Waals surface area contributed by atoms with Crippen LogP contribution in [0.25, 0.3) is 11.3 Å². The van der Waals surface area contributed by atoms with Crippen LogP contribution in [0, 0.1) is 13.8 Å². The number of aromatic nitrogens is 4. The number of fused-ring (bicyclic) bond motifs is 2. The Morgan fingerprint density at radius 1 is 0.590 bits per heavy atom. The third kappa shape index (κ3) is 14.7. The summed E-state index contributed by atoms with van der Waals surface area (Å²) in [6, 6.07) is 8.84. The molecule has 2 aliphatic heterocycles. The molecule has 0 aliphatic carbocycles. The monoisotopic (exact) mass is 1210 g/mol. The Bertz CT molecular complexity index is 3490. The molecule has 15 nitrogen and oxygen atoms in total. The van der Waals surface area contributed by atoms with Crippen molar-refractivity contribution >= 4 is 46.2 Å². The van der Waals surface area contributed by atoms with Gasteiger partial charge in [0.15, 0.2) is 5.78 Å². The first kappa shape index (κ1) is 63.9. The number of hydrogen-bond acceptors (Lipinski definition) is 11. The summed E-state index contributed by atoms with van der Waals surface area (Å²) in [7, 11) is 0. The van der Waals surface area contributed by atoms with Gasteiger partial charge in [-0.25, -0.2) is 14.8 Å². The minimum absolute atomic E-state index is 0.0189. The summed E-state index contributed by atoms with van der Waals surface area (Å²) in [5.74, 6) is -3.60. The van der Waals surface area contributed by atoms with E-state index in [-0.39, 0.29) is 62.9 Å². The molecule has 2 atom stereocenters. The van der Waals surface area contributed by atoms with Gasteiger partial charge in [-0.15, -0.1) is 0 Å². The quantitative estimate of drug-likeness (QED) is 0.0933.